The molecular formula is C16H22O4. The minimum Gasteiger partial charge on any atom is -0.469 e. The molecule has 1 aromatic carbocycles. The molecule has 0 spiro atoms. The first-order valence-corrected chi connectivity index (χ1v) is 6.61. The van der Waals surface area contributed by atoms with Crippen molar-refractivity contribution in [1.82, 2.24) is 0 Å². The fourth-order valence-corrected chi connectivity index (χ4v) is 1.86. The summed E-state index contributed by atoms with van der Waals surface area (Å²) in [5.41, 5.74) is 0.0486. The lowest BCUT2D eigenvalue weighted by atomic mass is 9.82. The molecule has 1 N–H and O–H groups in total. The maximum atomic E-state index is 12.1. The Morgan fingerprint density at radius 2 is 1.75 bits per heavy atom. The molecule has 110 valence electrons. The molecule has 0 aliphatic rings. The van der Waals surface area contributed by atoms with Crippen molar-refractivity contribution < 1.29 is 19.4 Å². The van der Waals surface area contributed by atoms with E-state index >= 15 is 0 Å². The number of carbonyl (C=O) groups is 2. The summed E-state index contributed by atoms with van der Waals surface area (Å²) in [5.74, 6) is -1.53. The predicted octanol–water partition coefficient (Wildman–Crippen LogP) is 2.51. The molecule has 0 saturated carbocycles. The number of benzene rings is 1. The van der Waals surface area contributed by atoms with Crippen molar-refractivity contribution >= 4 is 11.8 Å². The second-order valence-electron chi connectivity index (χ2n) is 5.86. The van der Waals surface area contributed by atoms with E-state index in [1.54, 1.807) is 45.0 Å². The van der Waals surface area contributed by atoms with Gasteiger partial charge in [0.15, 0.2) is 0 Å². The molecule has 4 heteroatoms. The molecule has 2 unspecified atom stereocenters. The van der Waals surface area contributed by atoms with Gasteiger partial charge in [-0.15, -0.1) is 0 Å². The molecule has 20 heavy (non-hydrogen) atoms. The number of esters is 1. The van der Waals surface area contributed by atoms with Gasteiger partial charge in [-0.3, -0.25) is 9.59 Å². The molecule has 1 aromatic rings. The average Bonchev–Trinajstić information content (AvgIpc) is 2.42. The van der Waals surface area contributed by atoms with Gasteiger partial charge in [0.1, 0.15) is 5.78 Å². The van der Waals surface area contributed by atoms with Gasteiger partial charge in [-0.25, -0.2) is 0 Å². The highest BCUT2D eigenvalue weighted by Crippen LogP contribution is 2.29. The van der Waals surface area contributed by atoms with E-state index in [9.17, 15) is 14.7 Å². The van der Waals surface area contributed by atoms with Crippen LogP contribution in [-0.4, -0.2) is 24.0 Å². The largest absolute Gasteiger partial charge is 0.469 e. The standard InChI is InChI=1S/C16H22O4/c1-16(2,3)13(17)10-12(15(19)20-4)14(18)11-8-6-5-7-9-11/h5-9,12,14,18H,10H2,1-4H3. The smallest absolute Gasteiger partial charge is 0.312 e. The van der Waals surface area contributed by atoms with Crippen LogP contribution in [0.1, 0.15) is 38.9 Å². The molecular weight excluding hydrogens is 256 g/mol. The van der Waals surface area contributed by atoms with Gasteiger partial charge in [-0.1, -0.05) is 51.1 Å². The third kappa shape index (κ3) is 4.17. The average molecular weight is 278 g/mol. The van der Waals surface area contributed by atoms with E-state index in [2.05, 4.69) is 0 Å². The van der Waals surface area contributed by atoms with Crippen molar-refractivity contribution in [3.63, 3.8) is 0 Å². The number of hydrogen-bond acceptors (Lipinski definition) is 4. The molecule has 0 radical (unpaired) electrons. The fraction of sp³-hybridized carbons (Fsp3) is 0.500. The zero-order chi connectivity index (χ0) is 15.3. The van der Waals surface area contributed by atoms with E-state index in [1.807, 2.05) is 6.07 Å². The number of Topliss-reactive ketones (excluding diaryl/α,β-unsaturated/α-hetero) is 1. The van der Waals surface area contributed by atoms with Crippen LogP contribution in [0, 0.1) is 11.3 Å². The zero-order valence-corrected chi connectivity index (χ0v) is 12.4. The molecule has 0 saturated heterocycles. The van der Waals surface area contributed by atoms with Crippen LogP contribution in [0.15, 0.2) is 30.3 Å². The van der Waals surface area contributed by atoms with Crippen molar-refractivity contribution in [2.45, 2.75) is 33.3 Å². The van der Waals surface area contributed by atoms with Gasteiger partial charge in [0.25, 0.3) is 0 Å². The third-order valence-corrected chi connectivity index (χ3v) is 3.27. The summed E-state index contributed by atoms with van der Waals surface area (Å²) in [6.07, 6.45) is -1.08. The normalized spacial score (nSPS) is 14.4. The van der Waals surface area contributed by atoms with Gasteiger partial charge in [-0.05, 0) is 5.56 Å². The predicted molar refractivity (Wildman–Crippen MR) is 76.0 cm³/mol. The van der Waals surface area contributed by atoms with E-state index in [-0.39, 0.29) is 12.2 Å². The van der Waals surface area contributed by atoms with E-state index < -0.39 is 23.4 Å². The van der Waals surface area contributed by atoms with Crippen LogP contribution in [0.25, 0.3) is 0 Å². The van der Waals surface area contributed by atoms with Gasteiger partial charge < -0.3 is 9.84 Å². The molecule has 0 aromatic heterocycles. The number of ether oxygens (including phenoxy) is 1. The quantitative estimate of drug-likeness (QED) is 0.841. The number of rotatable bonds is 5. The Labute approximate surface area is 119 Å². The second kappa shape index (κ2) is 6.66. The molecule has 2 atom stereocenters. The Kier molecular flexibility index (Phi) is 5.45. The maximum Gasteiger partial charge on any atom is 0.312 e. The Hall–Kier alpha value is -1.68. The summed E-state index contributed by atoms with van der Waals surface area (Å²) >= 11 is 0. The van der Waals surface area contributed by atoms with Crippen molar-refractivity contribution in [1.29, 1.82) is 0 Å². The van der Waals surface area contributed by atoms with Gasteiger partial charge in [0.05, 0.1) is 19.1 Å². The summed E-state index contributed by atoms with van der Waals surface area (Å²) in [6.45, 7) is 5.37. The number of carbonyl (C=O) groups excluding carboxylic acids is 2. The lowest BCUT2D eigenvalue weighted by Crippen LogP contribution is -2.31. The third-order valence-electron chi connectivity index (χ3n) is 3.27. The Bertz CT molecular complexity index is 459. The van der Waals surface area contributed by atoms with Gasteiger partial charge >= 0.3 is 5.97 Å². The highest BCUT2D eigenvalue weighted by atomic mass is 16.5. The number of methoxy groups -OCH3 is 1. The summed E-state index contributed by atoms with van der Waals surface area (Å²) < 4.78 is 4.72. The fourth-order valence-electron chi connectivity index (χ4n) is 1.86. The number of aliphatic hydroxyl groups is 1. The monoisotopic (exact) mass is 278 g/mol. The van der Waals surface area contributed by atoms with Crippen molar-refractivity contribution in [2.24, 2.45) is 11.3 Å². The molecule has 0 bridgehead atoms. The first-order valence-electron chi connectivity index (χ1n) is 6.61. The van der Waals surface area contributed by atoms with Crippen LogP contribution >= 0.6 is 0 Å². The molecule has 0 amide bonds. The summed E-state index contributed by atoms with van der Waals surface area (Å²) in [6, 6.07) is 8.82. The van der Waals surface area contributed by atoms with Crippen LogP contribution < -0.4 is 0 Å². The molecule has 0 aliphatic heterocycles. The molecule has 0 fully saturated rings. The SMILES string of the molecule is COC(=O)C(CC(=O)C(C)(C)C)C(O)c1ccccc1. The second-order valence-corrected chi connectivity index (χ2v) is 5.86. The van der Waals surface area contributed by atoms with Crippen LogP contribution in [0.2, 0.25) is 0 Å². The van der Waals surface area contributed by atoms with E-state index in [1.165, 1.54) is 7.11 Å². The molecule has 0 heterocycles. The Morgan fingerprint density at radius 1 is 1.20 bits per heavy atom. The number of hydrogen-bond donors (Lipinski definition) is 1. The summed E-state index contributed by atoms with van der Waals surface area (Å²) in [5, 5.41) is 10.3. The van der Waals surface area contributed by atoms with Gasteiger partial charge in [0.2, 0.25) is 0 Å². The minimum absolute atomic E-state index is 0.0355. The zero-order valence-electron chi connectivity index (χ0n) is 12.4. The van der Waals surface area contributed by atoms with Crippen molar-refractivity contribution in [2.75, 3.05) is 7.11 Å². The van der Waals surface area contributed by atoms with Crippen molar-refractivity contribution in [3.05, 3.63) is 35.9 Å². The van der Waals surface area contributed by atoms with Gasteiger partial charge in [0, 0.05) is 11.8 Å². The van der Waals surface area contributed by atoms with Gasteiger partial charge in [-0.2, -0.15) is 0 Å². The summed E-state index contributed by atoms with van der Waals surface area (Å²) in [4.78, 5) is 24.0. The number of ketones is 1. The highest BCUT2D eigenvalue weighted by molar-refractivity contribution is 5.88. The van der Waals surface area contributed by atoms with Crippen LogP contribution in [0.3, 0.4) is 0 Å². The molecule has 0 aliphatic carbocycles. The molecule has 4 nitrogen and oxygen atoms in total. The van der Waals surface area contributed by atoms with Crippen molar-refractivity contribution in [3.8, 4) is 0 Å². The summed E-state index contributed by atoms with van der Waals surface area (Å²) in [7, 11) is 1.26. The van der Waals surface area contributed by atoms with Crippen LogP contribution in [-0.2, 0) is 14.3 Å². The first-order chi connectivity index (χ1) is 9.27. The first kappa shape index (κ1) is 16.4. The minimum atomic E-state index is -1.05. The topological polar surface area (TPSA) is 63.6 Å². The Balaban J connectivity index is 2.96. The highest BCUT2D eigenvalue weighted by Gasteiger charge is 2.34. The lowest BCUT2D eigenvalue weighted by Gasteiger charge is -2.24. The van der Waals surface area contributed by atoms with Crippen LogP contribution in [0.4, 0.5) is 0 Å². The lowest BCUT2D eigenvalue weighted by molar-refractivity contribution is -0.152. The van der Waals surface area contributed by atoms with E-state index in [4.69, 9.17) is 4.74 Å². The maximum absolute atomic E-state index is 12.1. The number of aliphatic hydroxyl groups excluding tert-OH is 1. The van der Waals surface area contributed by atoms with E-state index in [0.29, 0.717) is 5.56 Å². The van der Waals surface area contributed by atoms with E-state index in [0.717, 1.165) is 0 Å². The Morgan fingerprint density at radius 3 is 2.20 bits per heavy atom. The molecule has 1 rings (SSSR count). The van der Waals surface area contributed by atoms with Crippen LogP contribution in [0.5, 0.6) is 0 Å².